The second-order valence-electron chi connectivity index (χ2n) is 5.14. The number of fused-ring (bicyclic) bond motifs is 1. The summed E-state index contributed by atoms with van der Waals surface area (Å²) >= 11 is 3.49. The van der Waals surface area contributed by atoms with Gasteiger partial charge in [-0.25, -0.2) is 5.01 Å². The molecule has 2 heterocycles. The fourth-order valence-electron chi connectivity index (χ4n) is 2.51. The van der Waals surface area contributed by atoms with Crippen molar-refractivity contribution < 1.29 is 9.53 Å². The number of hydrazine groups is 1. The summed E-state index contributed by atoms with van der Waals surface area (Å²) in [4.78, 5) is 15.2. The Bertz CT molecular complexity index is 635. The predicted octanol–water partition coefficient (Wildman–Crippen LogP) is 2.23. The summed E-state index contributed by atoms with van der Waals surface area (Å²) in [7, 11) is 0. The molecule has 1 fully saturated rings. The smallest absolute Gasteiger partial charge is 0.234 e. The zero-order chi connectivity index (χ0) is 14.7. The van der Waals surface area contributed by atoms with Gasteiger partial charge in [-0.1, -0.05) is 15.9 Å². The second kappa shape index (κ2) is 6.60. The Morgan fingerprint density at radius 3 is 3.00 bits per heavy atom. The van der Waals surface area contributed by atoms with Crippen molar-refractivity contribution in [3.05, 3.63) is 34.4 Å². The lowest BCUT2D eigenvalue weighted by Crippen LogP contribution is -2.48. The molecule has 0 spiro atoms. The first kappa shape index (κ1) is 14.6. The Morgan fingerprint density at radius 1 is 1.38 bits per heavy atom. The maximum atomic E-state index is 12.0. The minimum absolute atomic E-state index is 0.0567. The van der Waals surface area contributed by atoms with Gasteiger partial charge in [0.05, 0.1) is 13.2 Å². The Hall–Kier alpha value is -1.37. The summed E-state index contributed by atoms with van der Waals surface area (Å²) in [6.07, 6.45) is 3.20. The lowest BCUT2D eigenvalue weighted by molar-refractivity contribution is -0.127. The number of carbonyl (C=O) groups excluding carboxylic acids is 1. The molecule has 0 atom stereocenters. The Balaban J connectivity index is 1.58. The van der Waals surface area contributed by atoms with Gasteiger partial charge in [-0.2, -0.15) is 0 Å². The number of morpholine rings is 1. The number of nitrogens with one attached hydrogen (secondary N) is 2. The molecule has 1 saturated heterocycles. The van der Waals surface area contributed by atoms with Crippen LogP contribution in [0.1, 0.15) is 12.0 Å². The average molecular weight is 352 g/mol. The van der Waals surface area contributed by atoms with Gasteiger partial charge in [0.15, 0.2) is 0 Å². The van der Waals surface area contributed by atoms with Crippen LogP contribution in [-0.4, -0.2) is 42.2 Å². The first-order valence-electron chi connectivity index (χ1n) is 7.10. The monoisotopic (exact) mass is 351 g/mol. The number of hydrogen-bond acceptors (Lipinski definition) is 3. The molecular weight excluding hydrogens is 334 g/mol. The molecule has 1 aromatic heterocycles. The number of halogens is 1. The van der Waals surface area contributed by atoms with Crippen LogP contribution in [0.4, 0.5) is 0 Å². The van der Waals surface area contributed by atoms with Gasteiger partial charge in [-0.05, 0) is 30.2 Å². The zero-order valence-corrected chi connectivity index (χ0v) is 13.3. The summed E-state index contributed by atoms with van der Waals surface area (Å²) in [6.45, 7) is 2.87. The van der Waals surface area contributed by atoms with Gasteiger partial charge >= 0.3 is 0 Å². The lowest BCUT2D eigenvalue weighted by atomic mass is 10.1. The molecule has 0 aliphatic carbocycles. The van der Waals surface area contributed by atoms with E-state index in [1.807, 2.05) is 23.3 Å². The van der Waals surface area contributed by atoms with Gasteiger partial charge in [0, 0.05) is 41.1 Å². The molecule has 0 unspecified atom stereocenters. The zero-order valence-electron chi connectivity index (χ0n) is 11.7. The molecule has 112 valence electrons. The van der Waals surface area contributed by atoms with Crippen LogP contribution < -0.4 is 5.43 Å². The number of aryl methyl sites for hydroxylation is 1. The van der Waals surface area contributed by atoms with E-state index in [0.717, 1.165) is 29.5 Å². The number of hydrogen-bond donors (Lipinski definition) is 2. The van der Waals surface area contributed by atoms with Crippen LogP contribution in [0.3, 0.4) is 0 Å². The number of H-pyrrole nitrogens is 1. The Morgan fingerprint density at radius 2 is 2.19 bits per heavy atom. The van der Waals surface area contributed by atoms with Gasteiger partial charge < -0.3 is 9.72 Å². The Kier molecular flexibility index (Phi) is 4.57. The van der Waals surface area contributed by atoms with Crippen LogP contribution in [-0.2, 0) is 16.0 Å². The van der Waals surface area contributed by atoms with Crippen molar-refractivity contribution in [3.63, 3.8) is 0 Å². The van der Waals surface area contributed by atoms with Crippen molar-refractivity contribution in [1.29, 1.82) is 0 Å². The van der Waals surface area contributed by atoms with E-state index in [1.165, 1.54) is 10.9 Å². The molecule has 0 bridgehead atoms. The summed E-state index contributed by atoms with van der Waals surface area (Å²) in [5.74, 6) is 0.0567. The van der Waals surface area contributed by atoms with Crippen LogP contribution in [0, 0.1) is 0 Å². The molecule has 5 nitrogen and oxygen atoms in total. The number of nitrogens with zero attached hydrogens (tertiary/aromatic N) is 1. The number of rotatable bonds is 4. The number of benzene rings is 1. The third kappa shape index (κ3) is 3.64. The minimum Gasteiger partial charge on any atom is -0.379 e. The van der Waals surface area contributed by atoms with Crippen LogP contribution >= 0.6 is 15.9 Å². The summed E-state index contributed by atoms with van der Waals surface area (Å²) in [6, 6.07) is 6.13. The van der Waals surface area contributed by atoms with Crippen molar-refractivity contribution in [3.8, 4) is 0 Å². The molecule has 6 heteroatoms. The molecule has 21 heavy (non-hydrogen) atoms. The predicted molar refractivity (Wildman–Crippen MR) is 84.9 cm³/mol. The standard InChI is InChI=1S/C15H18BrN3O2/c16-12-2-3-14-13(9-12)11(10-17-14)1-4-15(20)18-19-5-7-21-8-6-19/h2-3,9-10,17H,1,4-8H2,(H,18,20). The van der Waals surface area contributed by atoms with Crippen LogP contribution in [0.25, 0.3) is 10.9 Å². The molecule has 0 radical (unpaired) electrons. The molecular formula is C15H18BrN3O2. The van der Waals surface area contributed by atoms with Crippen molar-refractivity contribution >= 4 is 32.7 Å². The van der Waals surface area contributed by atoms with Crippen molar-refractivity contribution in [2.75, 3.05) is 26.3 Å². The molecule has 1 aliphatic rings. The van der Waals surface area contributed by atoms with E-state index in [1.54, 1.807) is 0 Å². The highest BCUT2D eigenvalue weighted by Crippen LogP contribution is 2.23. The highest BCUT2D eigenvalue weighted by molar-refractivity contribution is 9.10. The van der Waals surface area contributed by atoms with Gasteiger partial charge in [-0.3, -0.25) is 10.2 Å². The van der Waals surface area contributed by atoms with E-state index >= 15 is 0 Å². The third-order valence-corrected chi connectivity index (χ3v) is 4.14. The van der Waals surface area contributed by atoms with E-state index in [2.05, 4.69) is 32.4 Å². The van der Waals surface area contributed by atoms with Crippen LogP contribution in [0.5, 0.6) is 0 Å². The quantitative estimate of drug-likeness (QED) is 0.887. The molecule has 2 N–H and O–H groups in total. The van der Waals surface area contributed by atoms with Crippen molar-refractivity contribution in [1.82, 2.24) is 15.4 Å². The van der Waals surface area contributed by atoms with E-state index < -0.39 is 0 Å². The maximum Gasteiger partial charge on any atom is 0.234 e. The number of ether oxygens (including phenoxy) is 1. The topological polar surface area (TPSA) is 57.4 Å². The molecule has 1 aromatic carbocycles. The van der Waals surface area contributed by atoms with E-state index in [0.29, 0.717) is 19.6 Å². The van der Waals surface area contributed by atoms with Gasteiger partial charge in [0.1, 0.15) is 0 Å². The first-order valence-corrected chi connectivity index (χ1v) is 7.89. The summed E-state index contributed by atoms with van der Waals surface area (Å²) in [5, 5.41) is 3.10. The highest BCUT2D eigenvalue weighted by Gasteiger charge is 2.13. The van der Waals surface area contributed by atoms with Crippen molar-refractivity contribution in [2.24, 2.45) is 0 Å². The second-order valence-corrected chi connectivity index (χ2v) is 6.05. The third-order valence-electron chi connectivity index (χ3n) is 3.64. The molecule has 2 aromatic rings. The summed E-state index contributed by atoms with van der Waals surface area (Å²) in [5.41, 5.74) is 5.20. The van der Waals surface area contributed by atoms with Gasteiger partial charge in [0.25, 0.3) is 0 Å². The number of aromatic nitrogens is 1. The van der Waals surface area contributed by atoms with E-state index in [4.69, 9.17) is 4.74 Å². The lowest BCUT2D eigenvalue weighted by Gasteiger charge is -2.26. The SMILES string of the molecule is O=C(CCc1c[nH]c2ccc(Br)cc12)NN1CCOCC1. The largest absolute Gasteiger partial charge is 0.379 e. The maximum absolute atomic E-state index is 12.0. The molecule has 0 saturated carbocycles. The van der Waals surface area contributed by atoms with Gasteiger partial charge in [-0.15, -0.1) is 0 Å². The highest BCUT2D eigenvalue weighted by atomic mass is 79.9. The average Bonchev–Trinajstić information content (AvgIpc) is 2.88. The molecule has 1 amide bonds. The van der Waals surface area contributed by atoms with Crippen LogP contribution in [0.2, 0.25) is 0 Å². The molecule has 3 rings (SSSR count). The van der Waals surface area contributed by atoms with Crippen molar-refractivity contribution in [2.45, 2.75) is 12.8 Å². The van der Waals surface area contributed by atoms with E-state index in [-0.39, 0.29) is 5.91 Å². The minimum atomic E-state index is 0.0567. The fourth-order valence-corrected chi connectivity index (χ4v) is 2.87. The van der Waals surface area contributed by atoms with E-state index in [9.17, 15) is 4.79 Å². The molecule has 1 aliphatic heterocycles. The first-order chi connectivity index (χ1) is 10.2. The number of amides is 1. The normalized spacial score (nSPS) is 16.2. The number of carbonyl (C=O) groups is 1. The fraction of sp³-hybridized carbons (Fsp3) is 0.400. The Labute approximate surface area is 131 Å². The number of aromatic amines is 1. The van der Waals surface area contributed by atoms with Gasteiger partial charge in [0.2, 0.25) is 5.91 Å². The summed E-state index contributed by atoms with van der Waals surface area (Å²) < 4.78 is 6.31. The van der Waals surface area contributed by atoms with Crippen LogP contribution in [0.15, 0.2) is 28.9 Å².